The maximum Gasteiger partial charge on any atom is 0.184 e. The average molecular weight is 313 g/mol. The second-order valence-electron chi connectivity index (χ2n) is 5.62. The van der Waals surface area contributed by atoms with Gasteiger partial charge in [-0.25, -0.2) is 0 Å². The fourth-order valence-electron chi connectivity index (χ4n) is 2.94. The molecule has 0 amide bonds. The summed E-state index contributed by atoms with van der Waals surface area (Å²) in [4.78, 5) is 2.20. The molecular weight excluding hydrogens is 294 g/mol. The van der Waals surface area contributed by atoms with Gasteiger partial charge in [0.15, 0.2) is 13.0 Å². The van der Waals surface area contributed by atoms with Crippen molar-refractivity contribution in [3.8, 4) is 11.5 Å². The molecule has 2 aromatic rings. The van der Waals surface area contributed by atoms with Crippen LogP contribution in [0.2, 0.25) is 0 Å². The minimum Gasteiger partial charge on any atom is -0.497 e. The molecule has 4 rings (SSSR count). The van der Waals surface area contributed by atoms with Crippen molar-refractivity contribution in [2.75, 3.05) is 32.0 Å². The number of hydrogen-bond donors (Lipinski definition) is 0. The molecule has 0 aromatic heterocycles. The summed E-state index contributed by atoms with van der Waals surface area (Å²) < 4.78 is 22.2. The van der Waals surface area contributed by atoms with Gasteiger partial charge in [-0.15, -0.1) is 0 Å². The van der Waals surface area contributed by atoms with E-state index in [4.69, 9.17) is 18.9 Å². The monoisotopic (exact) mass is 313 g/mol. The van der Waals surface area contributed by atoms with Crippen molar-refractivity contribution in [3.05, 3.63) is 53.6 Å². The van der Waals surface area contributed by atoms with Crippen LogP contribution in [0.3, 0.4) is 0 Å². The predicted molar refractivity (Wildman–Crippen MR) is 85.8 cm³/mol. The van der Waals surface area contributed by atoms with Gasteiger partial charge in [0.2, 0.25) is 0 Å². The minimum atomic E-state index is -0.264. The zero-order chi connectivity index (χ0) is 15.6. The molecule has 0 bridgehead atoms. The lowest BCUT2D eigenvalue weighted by molar-refractivity contribution is -0.0440. The molecule has 0 aliphatic carbocycles. The van der Waals surface area contributed by atoms with Crippen LogP contribution in [0.4, 0.5) is 5.69 Å². The van der Waals surface area contributed by atoms with Crippen LogP contribution in [0.25, 0.3) is 0 Å². The molecule has 2 aliphatic rings. The third kappa shape index (κ3) is 2.85. The third-order valence-corrected chi connectivity index (χ3v) is 4.10. The molecule has 1 saturated heterocycles. The standard InChI is InChI=1S/C18H19NO4/c1-20-15-4-2-3-13(9-15)11-19-12-23-17-6-5-14(10-16(17)19)18-21-7-8-22-18/h2-6,9-10,18H,7-8,11-12H2,1H3. The topological polar surface area (TPSA) is 40.2 Å². The summed E-state index contributed by atoms with van der Waals surface area (Å²) in [5.41, 5.74) is 3.28. The van der Waals surface area contributed by atoms with Crippen LogP contribution in [0.5, 0.6) is 11.5 Å². The van der Waals surface area contributed by atoms with Crippen LogP contribution in [0.15, 0.2) is 42.5 Å². The highest BCUT2D eigenvalue weighted by Crippen LogP contribution is 2.38. The van der Waals surface area contributed by atoms with Crippen LogP contribution < -0.4 is 14.4 Å². The summed E-state index contributed by atoms with van der Waals surface area (Å²) in [6, 6.07) is 14.2. The number of nitrogens with zero attached hydrogens (tertiary/aromatic N) is 1. The van der Waals surface area contributed by atoms with Crippen molar-refractivity contribution in [2.45, 2.75) is 12.8 Å². The van der Waals surface area contributed by atoms with E-state index in [0.29, 0.717) is 19.9 Å². The molecule has 5 nitrogen and oxygen atoms in total. The first-order chi connectivity index (χ1) is 11.3. The second kappa shape index (κ2) is 6.10. The lowest BCUT2D eigenvalue weighted by Crippen LogP contribution is -2.21. The number of anilines is 1. The van der Waals surface area contributed by atoms with Gasteiger partial charge in [0.05, 0.1) is 26.0 Å². The lowest BCUT2D eigenvalue weighted by atomic mass is 10.1. The molecule has 0 atom stereocenters. The van der Waals surface area contributed by atoms with E-state index in [9.17, 15) is 0 Å². The maximum absolute atomic E-state index is 5.77. The molecule has 1 fully saturated rings. The summed E-state index contributed by atoms with van der Waals surface area (Å²) in [6.07, 6.45) is -0.264. The molecule has 0 saturated carbocycles. The minimum absolute atomic E-state index is 0.264. The van der Waals surface area contributed by atoms with Crippen LogP contribution in [-0.2, 0) is 16.0 Å². The molecule has 0 radical (unpaired) electrons. The van der Waals surface area contributed by atoms with E-state index in [2.05, 4.69) is 17.0 Å². The SMILES string of the molecule is COc1cccc(CN2COc3ccc(C4OCCO4)cc32)c1. The van der Waals surface area contributed by atoms with E-state index in [0.717, 1.165) is 29.3 Å². The van der Waals surface area contributed by atoms with Crippen LogP contribution in [0.1, 0.15) is 17.4 Å². The van der Waals surface area contributed by atoms with Crippen LogP contribution >= 0.6 is 0 Å². The number of ether oxygens (including phenoxy) is 4. The number of fused-ring (bicyclic) bond motifs is 1. The van der Waals surface area contributed by atoms with Gasteiger partial charge in [0.25, 0.3) is 0 Å². The van der Waals surface area contributed by atoms with Crippen LogP contribution in [0, 0.1) is 0 Å². The van der Waals surface area contributed by atoms with Gasteiger partial charge in [-0.2, -0.15) is 0 Å². The van der Waals surface area contributed by atoms with Crippen molar-refractivity contribution in [1.82, 2.24) is 0 Å². The Morgan fingerprint density at radius 1 is 1.13 bits per heavy atom. The van der Waals surface area contributed by atoms with Crippen molar-refractivity contribution in [1.29, 1.82) is 0 Å². The van der Waals surface area contributed by atoms with Gasteiger partial charge < -0.3 is 23.8 Å². The number of rotatable bonds is 4. The highest BCUT2D eigenvalue weighted by molar-refractivity contribution is 5.63. The average Bonchev–Trinajstić information content (AvgIpc) is 3.25. The smallest absolute Gasteiger partial charge is 0.184 e. The van der Waals surface area contributed by atoms with Gasteiger partial charge in [-0.3, -0.25) is 0 Å². The Morgan fingerprint density at radius 3 is 2.83 bits per heavy atom. The summed E-state index contributed by atoms with van der Waals surface area (Å²) in [5.74, 6) is 1.76. The van der Waals surface area contributed by atoms with E-state index >= 15 is 0 Å². The number of hydrogen-bond acceptors (Lipinski definition) is 5. The van der Waals surface area contributed by atoms with Gasteiger partial charge >= 0.3 is 0 Å². The van der Waals surface area contributed by atoms with E-state index in [1.807, 2.05) is 30.3 Å². The summed E-state index contributed by atoms with van der Waals surface area (Å²) in [5, 5.41) is 0. The zero-order valence-electron chi connectivity index (χ0n) is 13.0. The number of methoxy groups -OCH3 is 1. The first kappa shape index (κ1) is 14.4. The van der Waals surface area contributed by atoms with Crippen molar-refractivity contribution in [3.63, 3.8) is 0 Å². The Morgan fingerprint density at radius 2 is 2.00 bits per heavy atom. The Hall–Kier alpha value is -2.24. The van der Waals surface area contributed by atoms with Gasteiger partial charge in [0.1, 0.15) is 11.5 Å². The highest BCUT2D eigenvalue weighted by atomic mass is 16.7. The van der Waals surface area contributed by atoms with Crippen molar-refractivity contribution in [2.24, 2.45) is 0 Å². The second-order valence-corrected chi connectivity index (χ2v) is 5.62. The molecular formula is C18H19NO4. The molecule has 120 valence electrons. The number of benzene rings is 2. The normalized spacial score (nSPS) is 17.2. The quantitative estimate of drug-likeness (QED) is 0.867. The Bertz CT molecular complexity index is 697. The van der Waals surface area contributed by atoms with Gasteiger partial charge in [-0.05, 0) is 29.8 Å². The van der Waals surface area contributed by atoms with Gasteiger partial charge in [0, 0.05) is 12.1 Å². The maximum atomic E-state index is 5.77. The summed E-state index contributed by atoms with van der Waals surface area (Å²) in [6.45, 7) is 2.60. The molecule has 2 aliphatic heterocycles. The molecule has 0 N–H and O–H groups in total. The van der Waals surface area contributed by atoms with E-state index in [1.165, 1.54) is 5.56 Å². The van der Waals surface area contributed by atoms with Crippen molar-refractivity contribution < 1.29 is 18.9 Å². The Labute approximate surface area is 135 Å². The summed E-state index contributed by atoms with van der Waals surface area (Å²) in [7, 11) is 1.68. The lowest BCUT2D eigenvalue weighted by Gasteiger charge is -2.18. The molecule has 5 heteroatoms. The van der Waals surface area contributed by atoms with Crippen molar-refractivity contribution >= 4 is 5.69 Å². The molecule has 0 spiro atoms. The first-order valence-electron chi connectivity index (χ1n) is 7.71. The highest BCUT2D eigenvalue weighted by Gasteiger charge is 2.25. The fourth-order valence-corrected chi connectivity index (χ4v) is 2.94. The summed E-state index contributed by atoms with van der Waals surface area (Å²) >= 11 is 0. The molecule has 0 unspecified atom stereocenters. The molecule has 2 aromatic carbocycles. The van der Waals surface area contributed by atoms with E-state index in [-0.39, 0.29) is 6.29 Å². The Kier molecular flexibility index (Phi) is 3.81. The predicted octanol–water partition coefficient (Wildman–Crippen LogP) is 3.10. The molecule has 2 heterocycles. The zero-order valence-corrected chi connectivity index (χ0v) is 13.0. The largest absolute Gasteiger partial charge is 0.497 e. The molecule has 23 heavy (non-hydrogen) atoms. The van der Waals surface area contributed by atoms with Crippen LogP contribution in [-0.4, -0.2) is 27.1 Å². The van der Waals surface area contributed by atoms with E-state index in [1.54, 1.807) is 7.11 Å². The Balaban J connectivity index is 1.57. The van der Waals surface area contributed by atoms with Gasteiger partial charge in [-0.1, -0.05) is 18.2 Å². The fraction of sp³-hybridized carbons (Fsp3) is 0.333. The first-order valence-corrected chi connectivity index (χ1v) is 7.71. The van der Waals surface area contributed by atoms with E-state index < -0.39 is 0 Å². The third-order valence-electron chi connectivity index (χ3n) is 4.10.